The summed E-state index contributed by atoms with van der Waals surface area (Å²) in [7, 11) is -4.60. The zero-order valence-corrected chi connectivity index (χ0v) is 21.3. The summed E-state index contributed by atoms with van der Waals surface area (Å²) in [4.78, 5) is 43.3. The van der Waals surface area contributed by atoms with E-state index in [2.05, 4.69) is 20.4 Å². The summed E-state index contributed by atoms with van der Waals surface area (Å²) < 4.78 is 57.2. The molecule has 2 saturated heterocycles. The standard InChI is InChI=1S/C23H25F3N7O5P/c24-23(25,26)13-3-1-4-15(7-13)33-21-18(10-27-33)20(31-11-16(12-31)32-6-2-5-19(32)34)29-22(30-21)28-14-8-17(9-14)38-39(35,36)37/h1,3-4,7,10,14,16-17H,2,5-6,8-9,11-12H2,(H,28,29,30)(H2,35,36,37)/t14-,17+. The SMILES string of the molecule is O=C1CCCN1C1CN(c2nc(N[C@H]3C[C@@H](OP(=O)(O)O)C3)nc3c2cnn3-c2cccc(C(F)(F)F)c2)C1. The number of rotatable bonds is 7. The number of carbonyl (C=O) groups excluding carboxylic acids is 1. The molecule has 4 heterocycles. The molecule has 2 aliphatic heterocycles. The molecule has 1 aliphatic carbocycles. The lowest BCUT2D eigenvalue weighted by Crippen LogP contribution is -2.60. The quantitative estimate of drug-likeness (QED) is 0.364. The van der Waals surface area contributed by atoms with Gasteiger partial charge in [-0.15, -0.1) is 0 Å². The van der Waals surface area contributed by atoms with Crippen molar-refractivity contribution in [1.29, 1.82) is 0 Å². The molecule has 1 saturated carbocycles. The van der Waals surface area contributed by atoms with Crippen molar-refractivity contribution >= 4 is 36.5 Å². The van der Waals surface area contributed by atoms with Crippen molar-refractivity contribution in [2.75, 3.05) is 29.9 Å². The van der Waals surface area contributed by atoms with E-state index >= 15 is 0 Å². The summed E-state index contributed by atoms with van der Waals surface area (Å²) in [5.41, 5.74) is -0.342. The van der Waals surface area contributed by atoms with Gasteiger partial charge in [-0.3, -0.25) is 9.32 Å². The molecular weight excluding hydrogens is 542 g/mol. The van der Waals surface area contributed by atoms with Crippen LogP contribution in [0.5, 0.6) is 0 Å². The summed E-state index contributed by atoms with van der Waals surface area (Å²) >= 11 is 0. The van der Waals surface area contributed by atoms with Crippen LogP contribution in [0.15, 0.2) is 30.5 Å². The van der Waals surface area contributed by atoms with Crippen molar-refractivity contribution in [2.24, 2.45) is 0 Å². The first-order valence-corrected chi connectivity index (χ1v) is 14.0. The van der Waals surface area contributed by atoms with E-state index < -0.39 is 25.7 Å². The fraction of sp³-hybridized carbons (Fsp3) is 0.478. The van der Waals surface area contributed by atoms with E-state index in [1.54, 1.807) is 0 Å². The lowest BCUT2D eigenvalue weighted by molar-refractivity contribution is -0.137. The third-order valence-corrected chi connectivity index (χ3v) is 7.83. The molecule has 1 amide bonds. The van der Waals surface area contributed by atoms with E-state index in [1.807, 2.05) is 9.80 Å². The molecule has 2 aromatic heterocycles. The average Bonchev–Trinajstić information content (AvgIpc) is 3.42. The number of nitrogens with zero attached hydrogens (tertiary/aromatic N) is 6. The minimum absolute atomic E-state index is 0.0529. The molecule has 6 rings (SSSR count). The molecule has 0 spiro atoms. The van der Waals surface area contributed by atoms with Gasteiger partial charge in [0.15, 0.2) is 5.65 Å². The van der Waals surface area contributed by atoms with Gasteiger partial charge < -0.3 is 24.9 Å². The largest absolute Gasteiger partial charge is 0.469 e. The van der Waals surface area contributed by atoms with Crippen molar-refractivity contribution in [1.82, 2.24) is 24.6 Å². The van der Waals surface area contributed by atoms with Gasteiger partial charge in [0.05, 0.1) is 35.0 Å². The van der Waals surface area contributed by atoms with Gasteiger partial charge in [0.2, 0.25) is 11.9 Å². The van der Waals surface area contributed by atoms with E-state index in [9.17, 15) is 22.5 Å². The molecule has 0 unspecified atom stereocenters. The first kappa shape index (κ1) is 26.0. The van der Waals surface area contributed by atoms with E-state index in [0.29, 0.717) is 49.2 Å². The second kappa shape index (κ2) is 9.44. The highest BCUT2D eigenvalue weighted by Gasteiger charge is 2.39. The second-order valence-electron chi connectivity index (χ2n) is 9.99. The molecule has 3 aromatic rings. The van der Waals surface area contributed by atoms with Gasteiger partial charge in [-0.2, -0.15) is 28.2 Å². The van der Waals surface area contributed by atoms with Crippen molar-refractivity contribution in [3.8, 4) is 5.69 Å². The fourth-order valence-electron chi connectivity index (χ4n) is 5.23. The van der Waals surface area contributed by atoms with Crippen LogP contribution in [0.2, 0.25) is 0 Å². The van der Waals surface area contributed by atoms with Gasteiger partial charge in [0, 0.05) is 32.1 Å². The number of benzene rings is 1. The number of likely N-dealkylation sites (tertiary alicyclic amines) is 1. The van der Waals surface area contributed by atoms with Crippen LogP contribution in [0.1, 0.15) is 31.2 Å². The van der Waals surface area contributed by atoms with Gasteiger partial charge in [-0.1, -0.05) is 6.07 Å². The molecule has 39 heavy (non-hydrogen) atoms. The van der Waals surface area contributed by atoms with Crippen LogP contribution < -0.4 is 10.2 Å². The third-order valence-electron chi connectivity index (χ3n) is 7.25. The molecule has 0 bridgehead atoms. The number of carbonyl (C=O) groups is 1. The van der Waals surface area contributed by atoms with Gasteiger partial charge in [-0.25, -0.2) is 9.25 Å². The maximum atomic E-state index is 13.4. The van der Waals surface area contributed by atoms with Gasteiger partial charge in [-0.05, 0) is 37.5 Å². The molecule has 0 radical (unpaired) electrons. The lowest BCUT2D eigenvalue weighted by Gasteiger charge is -2.44. The minimum Gasteiger partial charge on any atom is -0.352 e. The number of phosphoric ester groups is 1. The van der Waals surface area contributed by atoms with Crippen molar-refractivity contribution in [3.63, 3.8) is 0 Å². The van der Waals surface area contributed by atoms with Crippen LogP contribution >= 0.6 is 7.82 Å². The Hall–Kier alpha value is -3.26. The third kappa shape index (κ3) is 5.19. The Balaban J connectivity index is 1.31. The normalized spacial score (nSPS) is 22.3. The lowest BCUT2D eigenvalue weighted by atomic mass is 9.90. The zero-order valence-electron chi connectivity index (χ0n) is 20.5. The van der Waals surface area contributed by atoms with Gasteiger partial charge in [0.1, 0.15) is 5.82 Å². The number of nitrogens with one attached hydrogen (secondary N) is 1. The van der Waals surface area contributed by atoms with Crippen LogP contribution in [0, 0.1) is 0 Å². The monoisotopic (exact) mass is 567 g/mol. The summed E-state index contributed by atoms with van der Waals surface area (Å²) in [6.45, 7) is 1.82. The Morgan fingerprint density at radius 1 is 1.15 bits per heavy atom. The topological polar surface area (TPSA) is 146 Å². The fourth-order valence-corrected chi connectivity index (χ4v) is 5.79. The first-order valence-electron chi connectivity index (χ1n) is 12.4. The Morgan fingerprint density at radius 2 is 1.92 bits per heavy atom. The number of fused-ring (bicyclic) bond motifs is 1. The summed E-state index contributed by atoms with van der Waals surface area (Å²) in [6.07, 6.45) is -1.62. The number of phosphoric acid groups is 1. The van der Waals surface area contributed by atoms with E-state index in [1.165, 1.54) is 23.0 Å². The van der Waals surface area contributed by atoms with Crippen LogP contribution in [0.4, 0.5) is 24.9 Å². The molecule has 1 aromatic carbocycles. The highest BCUT2D eigenvalue weighted by Crippen LogP contribution is 2.43. The van der Waals surface area contributed by atoms with E-state index in [4.69, 9.17) is 14.3 Å². The van der Waals surface area contributed by atoms with Crippen molar-refractivity contribution in [3.05, 3.63) is 36.0 Å². The minimum atomic E-state index is -4.60. The molecule has 3 fully saturated rings. The van der Waals surface area contributed by atoms with Crippen LogP contribution in [0.3, 0.4) is 0 Å². The molecule has 3 N–H and O–H groups in total. The number of hydrogen-bond acceptors (Lipinski definition) is 8. The molecule has 208 valence electrons. The molecular formula is C23H25F3N7O5P. The molecule has 16 heteroatoms. The maximum absolute atomic E-state index is 13.4. The first-order chi connectivity index (χ1) is 18.4. The highest BCUT2D eigenvalue weighted by atomic mass is 31.2. The Kier molecular flexibility index (Phi) is 6.29. The highest BCUT2D eigenvalue weighted by molar-refractivity contribution is 7.46. The number of hydrogen-bond donors (Lipinski definition) is 3. The van der Waals surface area contributed by atoms with Gasteiger partial charge in [0.25, 0.3) is 0 Å². The van der Waals surface area contributed by atoms with E-state index in [-0.39, 0.29) is 29.6 Å². The van der Waals surface area contributed by atoms with Crippen LogP contribution in [0.25, 0.3) is 16.7 Å². The summed E-state index contributed by atoms with van der Waals surface area (Å²) in [5, 5.41) is 8.01. The smallest absolute Gasteiger partial charge is 0.352 e. The summed E-state index contributed by atoms with van der Waals surface area (Å²) in [6, 6.07) is 4.62. The number of halogens is 3. The Labute approximate surface area is 220 Å². The maximum Gasteiger partial charge on any atom is 0.469 e. The molecule has 3 aliphatic rings. The van der Waals surface area contributed by atoms with E-state index in [0.717, 1.165) is 25.1 Å². The number of alkyl halides is 3. The predicted octanol–water partition coefficient (Wildman–Crippen LogP) is 2.70. The molecule has 0 atom stereocenters. The Morgan fingerprint density at radius 3 is 2.59 bits per heavy atom. The number of aromatic nitrogens is 4. The van der Waals surface area contributed by atoms with Crippen molar-refractivity contribution < 1.29 is 36.8 Å². The second-order valence-corrected chi connectivity index (χ2v) is 11.2. The predicted molar refractivity (Wildman–Crippen MR) is 132 cm³/mol. The number of anilines is 2. The molecule has 12 nitrogen and oxygen atoms in total. The average molecular weight is 567 g/mol. The summed E-state index contributed by atoms with van der Waals surface area (Å²) in [5.74, 6) is 0.863. The van der Waals surface area contributed by atoms with Crippen LogP contribution in [-0.2, 0) is 20.1 Å². The Bertz CT molecular complexity index is 1470. The van der Waals surface area contributed by atoms with Crippen LogP contribution in [-0.4, -0.2) is 78.2 Å². The number of amides is 1. The zero-order chi connectivity index (χ0) is 27.5. The van der Waals surface area contributed by atoms with Gasteiger partial charge >= 0.3 is 14.0 Å². The van der Waals surface area contributed by atoms with Crippen molar-refractivity contribution in [2.45, 2.75) is 50.0 Å².